The summed E-state index contributed by atoms with van der Waals surface area (Å²) >= 11 is 16.0. The molecule has 0 bridgehead atoms. The average molecular weight is 307 g/mol. The topological polar surface area (TPSA) is 42.0 Å². The van der Waals surface area contributed by atoms with Gasteiger partial charge in [-0.2, -0.15) is 13.2 Å². The van der Waals surface area contributed by atoms with Gasteiger partial charge in [-0.25, -0.2) is 4.98 Å². The number of hydrogen-bond acceptors (Lipinski definition) is 2. The Morgan fingerprint density at radius 3 is 2.41 bits per heavy atom. The van der Waals surface area contributed by atoms with Crippen molar-refractivity contribution in [1.82, 2.24) is 4.98 Å². The lowest BCUT2D eigenvalue weighted by Gasteiger charge is -2.10. The highest BCUT2D eigenvalue weighted by atomic mass is 35.5. The van der Waals surface area contributed by atoms with E-state index in [-0.39, 0.29) is 10.8 Å². The van der Waals surface area contributed by atoms with E-state index in [4.69, 9.17) is 34.8 Å². The first-order chi connectivity index (χ1) is 7.71. The van der Waals surface area contributed by atoms with Crippen molar-refractivity contribution >= 4 is 46.5 Å². The summed E-state index contributed by atoms with van der Waals surface area (Å²) in [7, 11) is 0. The van der Waals surface area contributed by atoms with Gasteiger partial charge in [-0.1, -0.05) is 34.8 Å². The molecule has 0 aromatic carbocycles. The lowest BCUT2D eigenvalue weighted by Crippen LogP contribution is -2.20. The van der Waals surface area contributed by atoms with E-state index in [0.29, 0.717) is 12.3 Å². The van der Waals surface area contributed by atoms with E-state index in [9.17, 15) is 18.0 Å². The number of alkyl halides is 5. The fourth-order valence-corrected chi connectivity index (χ4v) is 1.18. The molecule has 0 spiro atoms. The molecule has 1 rings (SSSR count). The first kappa shape index (κ1) is 14.3. The number of nitrogens with zero attached hydrogens (tertiary/aromatic N) is 1. The number of anilines is 1. The van der Waals surface area contributed by atoms with Gasteiger partial charge in [0.05, 0.1) is 10.6 Å². The van der Waals surface area contributed by atoms with Gasteiger partial charge in [-0.15, -0.1) is 0 Å². The van der Waals surface area contributed by atoms with Gasteiger partial charge in [-0.3, -0.25) is 4.79 Å². The molecule has 3 nitrogen and oxygen atoms in total. The largest absolute Gasteiger partial charge is 0.417 e. The van der Waals surface area contributed by atoms with Crippen LogP contribution in [0.5, 0.6) is 0 Å². The third kappa shape index (κ3) is 3.90. The molecule has 1 aromatic rings. The summed E-state index contributed by atoms with van der Waals surface area (Å²) in [6, 6.07) is 0.641. The summed E-state index contributed by atoms with van der Waals surface area (Å²) in [5, 5.41) is 1.72. The molecule has 0 aliphatic carbocycles. The molecule has 1 N–H and O–H groups in total. The molecule has 94 valence electrons. The zero-order valence-electron chi connectivity index (χ0n) is 7.86. The molecule has 1 heterocycles. The van der Waals surface area contributed by atoms with Crippen molar-refractivity contribution in [3.8, 4) is 0 Å². The molecule has 0 radical (unpaired) electrons. The third-order valence-corrected chi connectivity index (χ3v) is 2.29. The van der Waals surface area contributed by atoms with Crippen molar-refractivity contribution in [2.75, 3.05) is 5.32 Å². The van der Waals surface area contributed by atoms with E-state index in [1.54, 1.807) is 0 Å². The fraction of sp³-hybridized carbons (Fsp3) is 0.250. The van der Waals surface area contributed by atoms with Crippen LogP contribution in [0.2, 0.25) is 5.02 Å². The molecule has 0 saturated carbocycles. The van der Waals surface area contributed by atoms with Crippen molar-refractivity contribution in [2.24, 2.45) is 0 Å². The fourth-order valence-electron chi connectivity index (χ4n) is 0.856. The van der Waals surface area contributed by atoms with Crippen molar-refractivity contribution in [1.29, 1.82) is 0 Å². The number of carbonyl (C=O) groups excluding carboxylic acids is 1. The molecular weight excluding hydrogens is 303 g/mol. The number of aromatic nitrogens is 1. The SMILES string of the molecule is O=C(Nc1ncc(C(F)(F)F)cc1Cl)C(Cl)Cl. The van der Waals surface area contributed by atoms with Crippen LogP contribution in [0.1, 0.15) is 5.56 Å². The van der Waals surface area contributed by atoms with Crippen LogP contribution in [0.4, 0.5) is 19.0 Å². The smallest absolute Gasteiger partial charge is 0.307 e. The van der Waals surface area contributed by atoms with Gasteiger partial charge in [0, 0.05) is 6.20 Å². The normalized spacial score (nSPS) is 11.7. The van der Waals surface area contributed by atoms with Crippen LogP contribution in [0.25, 0.3) is 0 Å². The van der Waals surface area contributed by atoms with Crippen LogP contribution < -0.4 is 5.32 Å². The maximum Gasteiger partial charge on any atom is 0.417 e. The monoisotopic (exact) mass is 306 g/mol. The summed E-state index contributed by atoms with van der Waals surface area (Å²) < 4.78 is 36.8. The number of pyridine rings is 1. The summed E-state index contributed by atoms with van der Waals surface area (Å²) in [5.41, 5.74) is -1.02. The molecule has 0 saturated heterocycles. The number of halogens is 6. The van der Waals surface area contributed by atoms with Gasteiger partial charge >= 0.3 is 6.18 Å². The molecule has 1 amide bonds. The highest BCUT2D eigenvalue weighted by molar-refractivity contribution is 6.54. The van der Waals surface area contributed by atoms with Crippen molar-refractivity contribution in [3.05, 3.63) is 22.8 Å². The maximum absolute atomic E-state index is 12.3. The Bertz CT molecular complexity index is 437. The highest BCUT2D eigenvalue weighted by Crippen LogP contribution is 2.32. The number of nitrogens with one attached hydrogen (secondary N) is 1. The number of carbonyl (C=O) groups is 1. The maximum atomic E-state index is 12.3. The molecule has 0 fully saturated rings. The summed E-state index contributed by atoms with van der Waals surface area (Å²) in [6.45, 7) is 0. The minimum Gasteiger partial charge on any atom is -0.307 e. The zero-order chi connectivity index (χ0) is 13.2. The second-order valence-corrected chi connectivity index (χ2v) is 4.35. The van der Waals surface area contributed by atoms with Gasteiger partial charge in [0.1, 0.15) is 0 Å². The molecule has 9 heteroatoms. The van der Waals surface area contributed by atoms with Crippen LogP contribution >= 0.6 is 34.8 Å². The predicted octanol–water partition coefficient (Wildman–Crippen LogP) is 3.50. The van der Waals surface area contributed by atoms with Crippen LogP contribution in [-0.4, -0.2) is 15.7 Å². The zero-order valence-corrected chi connectivity index (χ0v) is 10.1. The summed E-state index contributed by atoms with van der Waals surface area (Å²) in [6.07, 6.45) is -4.01. The van der Waals surface area contributed by atoms with Crippen LogP contribution in [0.15, 0.2) is 12.3 Å². The Balaban J connectivity index is 2.95. The van der Waals surface area contributed by atoms with Crippen molar-refractivity contribution in [2.45, 2.75) is 11.0 Å². The Morgan fingerprint density at radius 1 is 1.41 bits per heavy atom. The van der Waals surface area contributed by atoms with Crippen LogP contribution in [-0.2, 0) is 11.0 Å². The van der Waals surface area contributed by atoms with E-state index < -0.39 is 22.5 Å². The first-order valence-corrected chi connectivity index (χ1v) is 5.28. The summed E-state index contributed by atoms with van der Waals surface area (Å²) in [4.78, 5) is 13.1. The molecule has 0 atom stereocenters. The first-order valence-electron chi connectivity index (χ1n) is 4.03. The third-order valence-electron chi connectivity index (χ3n) is 1.61. The van der Waals surface area contributed by atoms with E-state index in [1.165, 1.54) is 0 Å². The second kappa shape index (κ2) is 5.29. The molecule has 17 heavy (non-hydrogen) atoms. The standard InChI is InChI=1S/C8H4Cl3F3N2O/c9-4-1-3(8(12,13)14)2-15-6(4)16-7(17)5(10)11/h1-2,5H,(H,15,16,17). The van der Waals surface area contributed by atoms with E-state index in [2.05, 4.69) is 10.3 Å². The lowest BCUT2D eigenvalue weighted by molar-refractivity contribution is -0.137. The lowest BCUT2D eigenvalue weighted by atomic mass is 10.3. The van der Waals surface area contributed by atoms with E-state index in [0.717, 1.165) is 0 Å². The number of amides is 1. The highest BCUT2D eigenvalue weighted by Gasteiger charge is 2.31. The van der Waals surface area contributed by atoms with E-state index >= 15 is 0 Å². The number of hydrogen-bond donors (Lipinski definition) is 1. The quantitative estimate of drug-likeness (QED) is 0.850. The Morgan fingerprint density at radius 2 is 2.00 bits per heavy atom. The van der Waals surface area contributed by atoms with Gasteiger partial charge in [0.25, 0.3) is 5.91 Å². The minimum atomic E-state index is -4.55. The van der Waals surface area contributed by atoms with Gasteiger partial charge in [-0.05, 0) is 6.07 Å². The molecule has 0 aliphatic heterocycles. The summed E-state index contributed by atoms with van der Waals surface area (Å²) in [5.74, 6) is -1.07. The number of rotatable bonds is 2. The van der Waals surface area contributed by atoms with Gasteiger partial charge in [0.15, 0.2) is 10.7 Å². The van der Waals surface area contributed by atoms with Crippen molar-refractivity contribution in [3.63, 3.8) is 0 Å². The Labute approximate surface area is 109 Å². The molecule has 1 aromatic heterocycles. The Hall–Kier alpha value is -0.720. The second-order valence-electron chi connectivity index (χ2n) is 2.84. The van der Waals surface area contributed by atoms with E-state index in [1.807, 2.05) is 0 Å². The molecular formula is C8H4Cl3F3N2O. The molecule has 0 aliphatic rings. The Kier molecular flexibility index (Phi) is 4.46. The minimum absolute atomic E-state index is 0.240. The average Bonchev–Trinajstić information content (AvgIpc) is 2.19. The van der Waals surface area contributed by atoms with Gasteiger partial charge in [0.2, 0.25) is 0 Å². The molecule has 0 unspecified atom stereocenters. The van der Waals surface area contributed by atoms with Crippen molar-refractivity contribution < 1.29 is 18.0 Å². The predicted molar refractivity (Wildman–Crippen MR) is 58.4 cm³/mol. The van der Waals surface area contributed by atoms with Gasteiger partial charge < -0.3 is 5.32 Å². The van der Waals surface area contributed by atoms with Crippen LogP contribution in [0, 0.1) is 0 Å². The van der Waals surface area contributed by atoms with Crippen LogP contribution in [0.3, 0.4) is 0 Å².